The first kappa shape index (κ1) is 15.0. The van der Waals surface area contributed by atoms with Crippen LogP contribution in [0.15, 0.2) is 24.5 Å². The summed E-state index contributed by atoms with van der Waals surface area (Å²) in [5.74, 6) is -1.03. The van der Waals surface area contributed by atoms with Crippen LogP contribution in [0.4, 0.5) is 0 Å². The van der Waals surface area contributed by atoms with Crippen LogP contribution in [0.25, 0.3) is 5.65 Å². The Hall–Kier alpha value is -2.44. The van der Waals surface area contributed by atoms with Crippen LogP contribution in [0.1, 0.15) is 37.2 Å². The van der Waals surface area contributed by atoms with Crippen molar-refractivity contribution in [1.29, 1.82) is 0 Å². The zero-order chi connectivity index (χ0) is 15.4. The Morgan fingerprint density at radius 3 is 2.81 bits per heavy atom. The summed E-state index contributed by atoms with van der Waals surface area (Å²) in [5.41, 5.74) is 0.800. The van der Waals surface area contributed by atoms with Crippen molar-refractivity contribution in [3.8, 4) is 0 Å². The molecule has 0 aromatic carbocycles. The van der Waals surface area contributed by atoms with Gasteiger partial charge in [-0.1, -0.05) is 13.8 Å². The largest absolute Gasteiger partial charge is 0.481 e. The fraction of sp³-hybridized carbons (Fsp3) is 0.429. The molecule has 2 rings (SSSR count). The van der Waals surface area contributed by atoms with E-state index in [0.29, 0.717) is 12.1 Å². The van der Waals surface area contributed by atoms with E-state index in [9.17, 15) is 9.59 Å². The number of rotatable bonds is 6. The summed E-state index contributed by atoms with van der Waals surface area (Å²) < 4.78 is 1.50. The van der Waals surface area contributed by atoms with Gasteiger partial charge < -0.3 is 10.4 Å². The fourth-order valence-corrected chi connectivity index (χ4v) is 2.17. The molecule has 0 aliphatic rings. The molecule has 0 fully saturated rings. The third kappa shape index (κ3) is 4.01. The number of amides is 1. The first-order chi connectivity index (χ1) is 9.95. The molecule has 0 radical (unpaired) electrons. The number of aliphatic carboxylic acids is 1. The van der Waals surface area contributed by atoms with Crippen molar-refractivity contribution in [2.24, 2.45) is 5.92 Å². The van der Waals surface area contributed by atoms with Crippen LogP contribution in [-0.4, -0.2) is 37.6 Å². The maximum Gasteiger partial charge on any atom is 0.305 e. The molecule has 2 heterocycles. The van der Waals surface area contributed by atoms with Crippen molar-refractivity contribution in [2.75, 3.05) is 0 Å². The van der Waals surface area contributed by atoms with E-state index in [1.165, 1.54) is 4.52 Å². The Balaban J connectivity index is 2.11. The third-order valence-corrected chi connectivity index (χ3v) is 2.98. The molecular formula is C14H18N4O3. The molecule has 2 aromatic rings. The van der Waals surface area contributed by atoms with Gasteiger partial charge in [-0.3, -0.25) is 9.59 Å². The summed E-state index contributed by atoms with van der Waals surface area (Å²) in [6, 6.07) is 2.88. The quantitative estimate of drug-likeness (QED) is 0.837. The molecule has 1 amide bonds. The first-order valence-corrected chi connectivity index (χ1v) is 6.78. The van der Waals surface area contributed by atoms with Crippen molar-refractivity contribution in [3.05, 3.63) is 30.2 Å². The van der Waals surface area contributed by atoms with Gasteiger partial charge in [0.05, 0.1) is 6.42 Å². The molecule has 0 aliphatic carbocycles. The normalized spacial score (nSPS) is 12.5. The number of hydrogen-bond donors (Lipinski definition) is 2. The smallest absolute Gasteiger partial charge is 0.305 e. The second kappa shape index (κ2) is 6.34. The number of nitrogens with zero attached hydrogens (tertiary/aromatic N) is 3. The molecule has 7 heteroatoms. The monoisotopic (exact) mass is 290 g/mol. The van der Waals surface area contributed by atoms with Crippen LogP contribution >= 0.6 is 0 Å². The second-order valence-corrected chi connectivity index (χ2v) is 5.35. The summed E-state index contributed by atoms with van der Waals surface area (Å²) in [5, 5.41) is 15.8. The number of nitrogens with one attached hydrogen (secondary N) is 1. The lowest BCUT2D eigenvalue weighted by molar-refractivity contribution is -0.137. The number of hydrogen-bond acceptors (Lipinski definition) is 4. The Morgan fingerprint density at radius 1 is 1.43 bits per heavy atom. The van der Waals surface area contributed by atoms with Crippen molar-refractivity contribution in [2.45, 2.75) is 32.7 Å². The Labute approximate surface area is 122 Å². The summed E-state index contributed by atoms with van der Waals surface area (Å²) in [6.45, 7) is 3.96. The van der Waals surface area contributed by atoms with Crippen molar-refractivity contribution < 1.29 is 14.7 Å². The van der Waals surface area contributed by atoms with Gasteiger partial charge in [-0.15, -0.1) is 0 Å². The Morgan fingerprint density at radius 2 is 2.19 bits per heavy atom. The van der Waals surface area contributed by atoms with E-state index in [1.54, 1.807) is 24.5 Å². The summed E-state index contributed by atoms with van der Waals surface area (Å²) in [6.07, 6.45) is 3.81. The SMILES string of the molecule is CC(C)C[C@H](CC(=O)O)NC(=O)c1cc2ncccn2n1. The third-order valence-electron chi connectivity index (χ3n) is 2.98. The first-order valence-electron chi connectivity index (χ1n) is 6.78. The van der Waals surface area contributed by atoms with Gasteiger partial charge in [0.2, 0.25) is 0 Å². The molecular weight excluding hydrogens is 272 g/mol. The second-order valence-electron chi connectivity index (χ2n) is 5.35. The van der Waals surface area contributed by atoms with E-state index in [4.69, 9.17) is 5.11 Å². The predicted octanol–water partition coefficient (Wildman–Crippen LogP) is 1.35. The van der Waals surface area contributed by atoms with Gasteiger partial charge in [0.15, 0.2) is 11.3 Å². The molecule has 0 saturated heterocycles. The lowest BCUT2D eigenvalue weighted by Crippen LogP contribution is -2.37. The van der Waals surface area contributed by atoms with Crippen LogP contribution in [0.5, 0.6) is 0 Å². The highest BCUT2D eigenvalue weighted by molar-refractivity contribution is 5.93. The molecule has 0 bridgehead atoms. The summed E-state index contributed by atoms with van der Waals surface area (Å²) >= 11 is 0. The van der Waals surface area contributed by atoms with Gasteiger partial charge in [0.25, 0.3) is 5.91 Å². The molecule has 0 saturated carbocycles. The molecule has 112 valence electrons. The topological polar surface area (TPSA) is 96.6 Å². The van der Waals surface area contributed by atoms with E-state index in [0.717, 1.165) is 0 Å². The average Bonchev–Trinajstić information content (AvgIpc) is 2.80. The van der Waals surface area contributed by atoms with Gasteiger partial charge in [-0.05, 0) is 18.4 Å². The lowest BCUT2D eigenvalue weighted by atomic mass is 10.0. The minimum atomic E-state index is -0.933. The van der Waals surface area contributed by atoms with Crippen molar-refractivity contribution in [1.82, 2.24) is 19.9 Å². The molecule has 2 N–H and O–H groups in total. The van der Waals surface area contributed by atoms with Crippen LogP contribution < -0.4 is 5.32 Å². The van der Waals surface area contributed by atoms with E-state index < -0.39 is 12.0 Å². The van der Waals surface area contributed by atoms with Crippen molar-refractivity contribution in [3.63, 3.8) is 0 Å². The van der Waals surface area contributed by atoms with E-state index in [1.807, 2.05) is 13.8 Å². The van der Waals surface area contributed by atoms with E-state index >= 15 is 0 Å². The highest BCUT2D eigenvalue weighted by atomic mass is 16.4. The average molecular weight is 290 g/mol. The fourth-order valence-electron chi connectivity index (χ4n) is 2.17. The number of aromatic nitrogens is 3. The maximum atomic E-state index is 12.2. The van der Waals surface area contributed by atoms with Gasteiger partial charge in [0, 0.05) is 24.5 Å². The van der Waals surface area contributed by atoms with Gasteiger partial charge in [-0.2, -0.15) is 5.10 Å². The van der Waals surface area contributed by atoms with Crippen LogP contribution in [0.3, 0.4) is 0 Å². The maximum absolute atomic E-state index is 12.2. The molecule has 7 nitrogen and oxygen atoms in total. The summed E-state index contributed by atoms with van der Waals surface area (Å²) in [4.78, 5) is 27.1. The zero-order valence-corrected chi connectivity index (χ0v) is 12.0. The predicted molar refractivity (Wildman–Crippen MR) is 75.9 cm³/mol. The molecule has 0 spiro atoms. The Kier molecular flexibility index (Phi) is 4.52. The van der Waals surface area contributed by atoms with Gasteiger partial charge >= 0.3 is 5.97 Å². The molecule has 2 aromatic heterocycles. The van der Waals surface area contributed by atoms with E-state index in [-0.39, 0.29) is 23.9 Å². The van der Waals surface area contributed by atoms with Crippen LogP contribution in [-0.2, 0) is 4.79 Å². The number of carboxylic acid groups (broad SMARTS) is 1. The molecule has 21 heavy (non-hydrogen) atoms. The highest BCUT2D eigenvalue weighted by Gasteiger charge is 2.20. The minimum Gasteiger partial charge on any atom is -0.481 e. The van der Waals surface area contributed by atoms with Gasteiger partial charge in [-0.25, -0.2) is 9.50 Å². The number of carbonyl (C=O) groups excluding carboxylic acids is 1. The highest BCUT2D eigenvalue weighted by Crippen LogP contribution is 2.10. The number of carbonyl (C=O) groups is 2. The zero-order valence-electron chi connectivity index (χ0n) is 12.0. The minimum absolute atomic E-state index is 0.102. The standard InChI is InChI=1S/C14H18N4O3/c1-9(2)6-10(7-13(19)20)16-14(21)11-8-12-15-4-3-5-18(12)17-11/h3-5,8-10H,6-7H2,1-2H3,(H,16,21)(H,19,20)/t10-/m1/s1. The molecule has 0 aliphatic heterocycles. The van der Waals surface area contributed by atoms with Gasteiger partial charge in [0.1, 0.15) is 0 Å². The van der Waals surface area contributed by atoms with Crippen molar-refractivity contribution >= 4 is 17.5 Å². The van der Waals surface area contributed by atoms with E-state index in [2.05, 4.69) is 15.4 Å². The summed E-state index contributed by atoms with van der Waals surface area (Å²) in [7, 11) is 0. The molecule has 0 unspecified atom stereocenters. The number of fused-ring (bicyclic) bond motifs is 1. The lowest BCUT2D eigenvalue weighted by Gasteiger charge is -2.18. The van der Waals surface area contributed by atoms with Crippen LogP contribution in [0, 0.1) is 5.92 Å². The number of carboxylic acids is 1. The molecule has 1 atom stereocenters. The Bertz CT molecular complexity index is 617. The van der Waals surface area contributed by atoms with Crippen LogP contribution in [0.2, 0.25) is 0 Å².